The zero-order valence-corrected chi connectivity index (χ0v) is 20.0. The third-order valence-electron chi connectivity index (χ3n) is 5.70. The number of benzene rings is 1. The third-order valence-corrected chi connectivity index (χ3v) is 5.70. The first-order valence-corrected chi connectivity index (χ1v) is 11.5. The summed E-state index contributed by atoms with van der Waals surface area (Å²) in [6, 6.07) is 0. The molecular formula is C22H26F5N3O8. The van der Waals surface area contributed by atoms with Crippen molar-refractivity contribution in [2.24, 2.45) is 5.92 Å². The van der Waals surface area contributed by atoms with E-state index in [0.717, 1.165) is 0 Å². The van der Waals surface area contributed by atoms with Crippen LogP contribution in [0.4, 0.5) is 22.0 Å². The Bertz CT molecular complexity index is 1080. The van der Waals surface area contributed by atoms with E-state index in [1.54, 1.807) is 13.1 Å². The van der Waals surface area contributed by atoms with Crippen molar-refractivity contribution in [3.8, 4) is 5.75 Å². The highest BCUT2D eigenvalue weighted by Crippen LogP contribution is 2.29. The Balaban J connectivity index is 1.32. The molecule has 0 bridgehead atoms. The molecule has 0 unspecified atom stereocenters. The molecule has 1 fully saturated rings. The molecule has 1 aliphatic heterocycles. The van der Waals surface area contributed by atoms with Gasteiger partial charge in [-0.3, -0.25) is 4.79 Å². The van der Waals surface area contributed by atoms with Gasteiger partial charge in [0.1, 0.15) is 12.2 Å². The molecule has 3 N–H and O–H groups in total. The monoisotopic (exact) mass is 555 g/mol. The van der Waals surface area contributed by atoms with Crippen molar-refractivity contribution in [1.82, 2.24) is 15.0 Å². The summed E-state index contributed by atoms with van der Waals surface area (Å²) in [4.78, 5) is 11.7. The summed E-state index contributed by atoms with van der Waals surface area (Å²) in [6.07, 6.45) is -3.02. The number of esters is 1. The molecule has 5 atom stereocenters. The van der Waals surface area contributed by atoms with E-state index in [1.807, 2.05) is 0 Å². The van der Waals surface area contributed by atoms with Gasteiger partial charge in [-0.1, -0.05) is 12.1 Å². The molecule has 1 aromatic carbocycles. The molecule has 0 aliphatic carbocycles. The van der Waals surface area contributed by atoms with Crippen molar-refractivity contribution in [2.75, 3.05) is 26.4 Å². The maximum Gasteiger partial charge on any atom is 0.313 e. The first kappa shape index (κ1) is 29.8. The number of aliphatic hydroxyl groups is 3. The van der Waals surface area contributed by atoms with E-state index in [0.29, 0.717) is 12.1 Å². The number of hydrogen-bond donors (Lipinski definition) is 3. The van der Waals surface area contributed by atoms with Crippen LogP contribution in [0.2, 0.25) is 0 Å². The maximum atomic E-state index is 13.5. The van der Waals surface area contributed by atoms with Crippen LogP contribution in [0.15, 0.2) is 6.20 Å². The van der Waals surface area contributed by atoms with Crippen LogP contribution in [0.1, 0.15) is 19.0 Å². The maximum absolute atomic E-state index is 13.5. The molecule has 0 radical (unpaired) electrons. The fourth-order valence-electron chi connectivity index (χ4n) is 3.41. The predicted molar refractivity (Wildman–Crippen MR) is 114 cm³/mol. The zero-order valence-electron chi connectivity index (χ0n) is 20.0. The summed E-state index contributed by atoms with van der Waals surface area (Å²) in [7, 11) is 0. The van der Waals surface area contributed by atoms with E-state index >= 15 is 0 Å². The zero-order chi connectivity index (χ0) is 28.0. The van der Waals surface area contributed by atoms with Gasteiger partial charge in [0, 0.05) is 18.5 Å². The van der Waals surface area contributed by atoms with Crippen molar-refractivity contribution in [2.45, 2.75) is 50.9 Å². The second-order valence-electron chi connectivity index (χ2n) is 8.44. The van der Waals surface area contributed by atoms with E-state index in [2.05, 4.69) is 15.0 Å². The van der Waals surface area contributed by atoms with Crippen molar-refractivity contribution < 1.29 is 61.0 Å². The Morgan fingerprint density at radius 3 is 2.32 bits per heavy atom. The van der Waals surface area contributed by atoms with E-state index in [4.69, 9.17) is 14.2 Å². The van der Waals surface area contributed by atoms with Gasteiger partial charge in [0.25, 0.3) is 0 Å². The van der Waals surface area contributed by atoms with Crippen LogP contribution >= 0.6 is 0 Å². The number of hydrogen-bond acceptors (Lipinski definition) is 10. The molecule has 2 aromatic rings. The number of nitrogens with zero attached hydrogens (tertiary/aromatic N) is 3. The predicted octanol–water partition coefficient (Wildman–Crippen LogP) is 0.620. The summed E-state index contributed by atoms with van der Waals surface area (Å²) < 4.78 is 88.0. The molecule has 0 amide bonds. The summed E-state index contributed by atoms with van der Waals surface area (Å²) in [5.41, 5.74) is 0.565. The Labute approximate surface area is 212 Å². The lowest BCUT2D eigenvalue weighted by molar-refractivity contribution is -0.268. The summed E-state index contributed by atoms with van der Waals surface area (Å²) in [6.45, 7) is 1.68. The average molecular weight is 555 g/mol. The van der Waals surface area contributed by atoms with Gasteiger partial charge in [0.15, 0.2) is 6.29 Å². The van der Waals surface area contributed by atoms with Crippen LogP contribution in [0.25, 0.3) is 0 Å². The fraction of sp³-hybridized carbons (Fsp3) is 0.591. The van der Waals surface area contributed by atoms with Crippen LogP contribution in [0.3, 0.4) is 0 Å². The van der Waals surface area contributed by atoms with Gasteiger partial charge < -0.3 is 34.3 Å². The summed E-state index contributed by atoms with van der Waals surface area (Å²) >= 11 is 0. The minimum atomic E-state index is -2.36. The molecule has 38 heavy (non-hydrogen) atoms. The second-order valence-corrected chi connectivity index (χ2v) is 8.44. The van der Waals surface area contributed by atoms with Crippen LogP contribution in [-0.2, 0) is 32.0 Å². The number of aromatic nitrogens is 3. The smallest absolute Gasteiger partial charge is 0.313 e. The number of ether oxygens (including phenoxy) is 4. The van der Waals surface area contributed by atoms with Crippen LogP contribution < -0.4 is 4.74 Å². The number of aliphatic hydroxyl groups excluding tert-OH is 3. The molecule has 0 saturated carbocycles. The molecule has 11 nitrogen and oxygen atoms in total. The Hall–Kier alpha value is -2.76. The van der Waals surface area contributed by atoms with Crippen LogP contribution in [-0.4, -0.2) is 87.3 Å². The van der Waals surface area contributed by atoms with Gasteiger partial charge in [0.05, 0.1) is 51.2 Å². The minimum Gasteiger partial charge on any atom is -0.420 e. The van der Waals surface area contributed by atoms with Crippen molar-refractivity contribution >= 4 is 5.97 Å². The third kappa shape index (κ3) is 7.21. The molecule has 3 rings (SSSR count). The van der Waals surface area contributed by atoms with Gasteiger partial charge in [-0.25, -0.2) is 17.9 Å². The molecular weight excluding hydrogens is 529 g/mol. The highest BCUT2D eigenvalue weighted by atomic mass is 19.2. The van der Waals surface area contributed by atoms with Crippen molar-refractivity contribution in [3.63, 3.8) is 0 Å². The Morgan fingerprint density at radius 2 is 1.63 bits per heavy atom. The van der Waals surface area contributed by atoms with Gasteiger partial charge in [-0.2, -0.15) is 8.78 Å². The number of halogens is 5. The lowest BCUT2D eigenvalue weighted by Crippen LogP contribution is -2.54. The summed E-state index contributed by atoms with van der Waals surface area (Å²) in [5.74, 6) is -14.9. The minimum absolute atomic E-state index is 0.0507. The number of rotatable bonds is 12. The largest absolute Gasteiger partial charge is 0.420 e. The van der Waals surface area contributed by atoms with E-state index < -0.39 is 77.7 Å². The molecule has 1 aliphatic rings. The normalized spacial score (nSPS) is 23.6. The number of carbonyl (C=O) groups excluding carboxylic acids is 1. The lowest BCUT2D eigenvalue weighted by atomic mass is 9.93. The van der Waals surface area contributed by atoms with Gasteiger partial charge in [0.2, 0.25) is 34.8 Å². The molecule has 16 heteroatoms. The standard InChI is InChI=1S/C22H26F5N3O8/c1-10-19(32)20(33)12(37-22(10)34)9-36-5-2-11-8-30(29-28-11)4-7-35-6-3-13(31)38-21-17(26)15(24)14(23)16(25)18(21)27/h8,10,12,19-20,22,32-34H,2-7,9H2,1H3/t10-,12-,19-,20+,22-/m1/s1. The average Bonchev–Trinajstić information content (AvgIpc) is 3.35. The van der Waals surface area contributed by atoms with Gasteiger partial charge in [-0.05, 0) is 0 Å². The van der Waals surface area contributed by atoms with E-state index in [-0.39, 0.29) is 33.0 Å². The Kier molecular flexibility index (Phi) is 10.5. The molecule has 2 heterocycles. The SMILES string of the molecule is C[C@@H]1[C@@H](O)[C@@H](O)[C@@H](COCCc2cn(CCOCCC(=O)Oc3c(F)c(F)c(F)c(F)c3F)nn2)O[C@H]1O. The van der Waals surface area contributed by atoms with Gasteiger partial charge in [-0.15, -0.1) is 5.10 Å². The first-order chi connectivity index (χ1) is 18.0. The van der Waals surface area contributed by atoms with Crippen molar-refractivity contribution in [3.05, 3.63) is 41.0 Å². The molecule has 1 aromatic heterocycles. The van der Waals surface area contributed by atoms with Crippen molar-refractivity contribution in [1.29, 1.82) is 0 Å². The lowest BCUT2D eigenvalue weighted by Gasteiger charge is -2.39. The Morgan fingerprint density at radius 1 is 0.974 bits per heavy atom. The highest BCUT2D eigenvalue weighted by Gasteiger charge is 2.41. The molecule has 212 valence electrons. The summed E-state index contributed by atoms with van der Waals surface area (Å²) in [5, 5.41) is 37.5. The van der Waals surface area contributed by atoms with E-state index in [9.17, 15) is 42.1 Å². The fourth-order valence-corrected chi connectivity index (χ4v) is 3.41. The molecule has 0 spiro atoms. The van der Waals surface area contributed by atoms with Crippen LogP contribution in [0, 0.1) is 35.0 Å². The number of carbonyl (C=O) groups is 1. The first-order valence-electron chi connectivity index (χ1n) is 11.5. The van der Waals surface area contributed by atoms with E-state index in [1.165, 1.54) is 4.68 Å². The second kappa shape index (κ2) is 13.3. The van der Waals surface area contributed by atoms with Crippen LogP contribution in [0.5, 0.6) is 5.75 Å². The quantitative estimate of drug-likeness (QED) is 0.0851. The highest BCUT2D eigenvalue weighted by molar-refractivity contribution is 5.72. The van der Waals surface area contributed by atoms with Gasteiger partial charge >= 0.3 is 5.97 Å². The molecule has 1 saturated heterocycles. The topological polar surface area (TPSA) is 145 Å².